The summed E-state index contributed by atoms with van der Waals surface area (Å²) in [6, 6.07) is 13.6. The van der Waals surface area contributed by atoms with E-state index in [1.165, 1.54) is 30.3 Å². The molecule has 0 saturated heterocycles. The third-order valence-electron chi connectivity index (χ3n) is 3.52. The van der Waals surface area contributed by atoms with Crippen LogP contribution in [-0.4, -0.2) is 10.8 Å². The summed E-state index contributed by atoms with van der Waals surface area (Å²) >= 11 is 12.0. The van der Waals surface area contributed by atoms with E-state index in [1.54, 1.807) is 24.3 Å². The fourth-order valence-corrected chi connectivity index (χ4v) is 2.68. The van der Waals surface area contributed by atoms with Gasteiger partial charge in [0.25, 0.3) is 11.6 Å². The molecule has 0 aliphatic carbocycles. The minimum atomic E-state index is -0.508. The zero-order valence-corrected chi connectivity index (χ0v) is 15.2. The Labute approximate surface area is 163 Å². The SMILES string of the molecule is O=C(Nc1c(Cl)cccc1Cl)c1ccc(COc2ccc([N+](=O)[O-])cc2)o1. The fourth-order valence-electron chi connectivity index (χ4n) is 2.19. The van der Waals surface area contributed by atoms with E-state index in [9.17, 15) is 14.9 Å². The van der Waals surface area contributed by atoms with Gasteiger partial charge in [0.05, 0.1) is 20.7 Å². The van der Waals surface area contributed by atoms with Gasteiger partial charge in [-0.2, -0.15) is 0 Å². The summed E-state index contributed by atoms with van der Waals surface area (Å²) in [5, 5.41) is 13.8. The topological polar surface area (TPSA) is 94.6 Å². The molecule has 1 heterocycles. The van der Waals surface area contributed by atoms with E-state index in [1.807, 2.05) is 0 Å². The first-order valence-corrected chi connectivity index (χ1v) is 8.41. The van der Waals surface area contributed by atoms with Crippen LogP contribution in [0.2, 0.25) is 10.0 Å². The smallest absolute Gasteiger partial charge is 0.291 e. The van der Waals surface area contributed by atoms with Crippen LogP contribution in [0.5, 0.6) is 5.75 Å². The normalized spacial score (nSPS) is 10.4. The van der Waals surface area contributed by atoms with Crippen molar-refractivity contribution in [2.24, 2.45) is 0 Å². The van der Waals surface area contributed by atoms with Gasteiger partial charge in [-0.05, 0) is 36.4 Å². The van der Waals surface area contributed by atoms with Crippen molar-refractivity contribution in [1.82, 2.24) is 0 Å². The molecule has 0 aliphatic heterocycles. The molecule has 0 bridgehead atoms. The maximum atomic E-state index is 12.3. The first kappa shape index (κ1) is 18.8. The van der Waals surface area contributed by atoms with Gasteiger partial charge in [0, 0.05) is 12.1 Å². The number of para-hydroxylation sites is 1. The number of nitrogens with zero attached hydrogens (tertiary/aromatic N) is 1. The number of furan rings is 1. The predicted molar refractivity (Wildman–Crippen MR) is 101 cm³/mol. The van der Waals surface area contributed by atoms with Crippen LogP contribution in [0.4, 0.5) is 11.4 Å². The molecule has 0 unspecified atom stereocenters. The lowest BCUT2D eigenvalue weighted by Gasteiger charge is -2.07. The average molecular weight is 407 g/mol. The molecule has 3 rings (SSSR count). The molecular formula is C18H12Cl2N2O5. The van der Waals surface area contributed by atoms with Gasteiger partial charge in [0.1, 0.15) is 18.1 Å². The van der Waals surface area contributed by atoms with E-state index in [0.717, 1.165) is 0 Å². The largest absolute Gasteiger partial charge is 0.486 e. The highest BCUT2D eigenvalue weighted by Gasteiger charge is 2.15. The van der Waals surface area contributed by atoms with Crippen LogP contribution in [-0.2, 0) is 6.61 Å². The van der Waals surface area contributed by atoms with Gasteiger partial charge >= 0.3 is 0 Å². The quantitative estimate of drug-likeness (QED) is 0.441. The van der Waals surface area contributed by atoms with Gasteiger partial charge in [-0.3, -0.25) is 14.9 Å². The molecular weight excluding hydrogens is 395 g/mol. The highest BCUT2D eigenvalue weighted by molar-refractivity contribution is 6.39. The predicted octanol–water partition coefficient (Wildman–Crippen LogP) is 5.33. The number of non-ortho nitro benzene ring substituents is 1. The van der Waals surface area contributed by atoms with Crippen molar-refractivity contribution in [2.45, 2.75) is 6.61 Å². The Balaban J connectivity index is 1.62. The van der Waals surface area contributed by atoms with Crippen LogP contribution in [0.1, 0.15) is 16.3 Å². The van der Waals surface area contributed by atoms with E-state index in [0.29, 0.717) is 27.2 Å². The Bertz CT molecular complexity index is 965. The van der Waals surface area contributed by atoms with Crippen molar-refractivity contribution in [1.29, 1.82) is 0 Å². The van der Waals surface area contributed by atoms with E-state index in [2.05, 4.69) is 5.32 Å². The standard InChI is InChI=1S/C18H12Cl2N2O5/c19-14-2-1-3-15(20)17(14)21-18(23)16-9-8-13(27-16)10-26-12-6-4-11(5-7-12)22(24)25/h1-9H,10H2,(H,21,23). The number of rotatable bonds is 6. The number of nitro benzene ring substituents is 1. The third-order valence-corrected chi connectivity index (χ3v) is 4.15. The number of ether oxygens (including phenoxy) is 1. The summed E-state index contributed by atoms with van der Waals surface area (Å²) in [6.07, 6.45) is 0. The Kier molecular flexibility index (Phi) is 5.63. The molecule has 138 valence electrons. The summed E-state index contributed by atoms with van der Waals surface area (Å²) in [7, 11) is 0. The molecule has 2 aromatic carbocycles. The highest BCUT2D eigenvalue weighted by Crippen LogP contribution is 2.30. The number of halogens is 2. The molecule has 3 aromatic rings. The summed E-state index contributed by atoms with van der Waals surface area (Å²) in [5.41, 5.74) is 0.267. The number of nitro groups is 1. The maximum Gasteiger partial charge on any atom is 0.291 e. The van der Waals surface area contributed by atoms with Crippen LogP contribution in [0.3, 0.4) is 0 Å². The molecule has 0 atom stereocenters. The van der Waals surface area contributed by atoms with Crippen LogP contribution in [0, 0.1) is 10.1 Å². The lowest BCUT2D eigenvalue weighted by Crippen LogP contribution is -2.11. The second-order valence-corrected chi connectivity index (χ2v) is 6.17. The number of amides is 1. The van der Waals surface area contributed by atoms with Crippen molar-refractivity contribution in [2.75, 3.05) is 5.32 Å². The Morgan fingerprint density at radius 1 is 1.07 bits per heavy atom. The van der Waals surface area contributed by atoms with Crippen molar-refractivity contribution >= 4 is 40.5 Å². The zero-order valence-electron chi connectivity index (χ0n) is 13.6. The van der Waals surface area contributed by atoms with Crippen molar-refractivity contribution in [3.63, 3.8) is 0 Å². The number of hydrogen-bond acceptors (Lipinski definition) is 5. The van der Waals surface area contributed by atoms with Crippen molar-refractivity contribution in [3.8, 4) is 5.75 Å². The van der Waals surface area contributed by atoms with Gasteiger partial charge in [0.15, 0.2) is 5.76 Å². The van der Waals surface area contributed by atoms with E-state index >= 15 is 0 Å². The molecule has 0 fully saturated rings. The number of nitrogens with one attached hydrogen (secondary N) is 1. The molecule has 1 amide bonds. The number of carbonyl (C=O) groups excluding carboxylic acids is 1. The Morgan fingerprint density at radius 3 is 2.37 bits per heavy atom. The first-order valence-electron chi connectivity index (χ1n) is 7.65. The molecule has 7 nitrogen and oxygen atoms in total. The molecule has 1 N–H and O–H groups in total. The lowest BCUT2D eigenvalue weighted by atomic mass is 10.3. The number of anilines is 1. The third kappa shape index (κ3) is 4.58. The Morgan fingerprint density at radius 2 is 1.74 bits per heavy atom. The summed E-state index contributed by atoms with van der Waals surface area (Å²) in [4.78, 5) is 22.4. The molecule has 1 aromatic heterocycles. The monoisotopic (exact) mass is 406 g/mol. The van der Waals surface area contributed by atoms with Crippen LogP contribution >= 0.6 is 23.2 Å². The van der Waals surface area contributed by atoms with Crippen LogP contribution in [0.25, 0.3) is 0 Å². The molecule has 0 spiro atoms. The van der Waals surface area contributed by atoms with Crippen molar-refractivity contribution in [3.05, 3.63) is 86.3 Å². The first-order chi connectivity index (χ1) is 12.9. The van der Waals surface area contributed by atoms with Crippen LogP contribution in [0.15, 0.2) is 59.0 Å². The van der Waals surface area contributed by atoms with Gasteiger partial charge in [-0.15, -0.1) is 0 Å². The van der Waals surface area contributed by atoms with Gasteiger partial charge < -0.3 is 14.5 Å². The van der Waals surface area contributed by atoms with E-state index < -0.39 is 10.8 Å². The Hall–Kier alpha value is -3.03. The maximum absolute atomic E-state index is 12.3. The minimum absolute atomic E-state index is 0.0301. The van der Waals surface area contributed by atoms with Gasteiger partial charge in [-0.25, -0.2) is 0 Å². The summed E-state index contributed by atoms with van der Waals surface area (Å²) in [6.45, 7) is 0.0535. The second kappa shape index (κ2) is 8.11. The zero-order chi connectivity index (χ0) is 19.4. The number of carbonyl (C=O) groups is 1. The molecule has 27 heavy (non-hydrogen) atoms. The van der Waals surface area contributed by atoms with Gasteiger partial charge in [-0.1, -0.05) is 29.3 Å². The second-order valence-electron chi connectivity index (χ2n) is 5.36. The van der Waals surface area contributed by atoms with Crippen LogP contribution < -0.4 is 10.1 Å². The van der Waals surface area contributed by atoms with E-state index in [4.69, 9.17) is 32.4 Å². The number of hydrogen-bond donors (Lipinski definition) is 1. The minimum Gasteiger partial charge on any atom is -0.486 e. The van der Waals surface area contributed by atoms with Crippen molar-refractivity contribution < 1.29 is 18.9 Å². The van der Waals surface area contributed by atoms with Gasteiger partial charge in [0.2, 0.25) is 0 Å². The van der Waals surface area contributed by atoms with E-state index in [-0.39, 0.29) is 18.1 Å². The fraction of sp³-hybridized carbons (Fsp3) is 0.0556. The lowest BCUT2D eigenvalue weighted by molar-refractivity contribution is -0.384. The summed E-state index contributed by atoms with van der Waals surface area (Å²) < 4.78 is 10.9. The molecule has 0 radical (unpaired) electrons. The summed E-state index contributed by atoms with van der Waals surface area (Å²) in [5.74, 6) is 0.398. The molecule has 0 aliphatic rings. The molecule has 0 saturated carbocycles. The molecule has 9 heteroatoms. The highest BCUT2D eigenvalue weighted by atomic mass is 35.5. The number of benzene rings is 2. The average Bonchev–Trinajstić information content (AvgIpc) is 3.12.